The largest absolute Gasteiger partial charge is 0.452 e. The van der Waals surface area contributed by atoms with Crippen molar-refractivity contribution in [3.8, 4) is 0 Å². The molecular formula is C22H21FN2O5. The molecule has 0 bridgehead atoms. The molecule has 0 aliphatic carbocycles. The van der Waals surface area contributed by atoms with E-state index in [9.17, 15) is 23.6 Å². The molecule has 3 amide bonds. The number of imide groups is 1. The number of carbonyl (C=O) groups is 4. The lowest BCUT2D eigenvalue weighted by atomic mass is 10.1. The number of ether oxygens (including phenoxy) is 1. The summed E-state index contributed by atoms with van der Waals surface area (Å²) < 4.78 is 18.4. The Bertz CT molecular complexity index is 972. The highest BCUT2D eigenvalue weighted by atomic mass is 19.1. The number of likely N-dealkylation sites (N-methyl/N-ethyl adjacent to an activating group) is 1. The lowest BCUT2D eigenvalue weighted by Crippen LogP contribution is -2.38. The number of hydrogen-bond donors (Lipinski definition) is 0. The summed E-state index contributed by atoms with van der Waals surface area (Å²) in [7, 11) is 1.52. The number of fused-ring (bicyclic) bond motifs is 1. The van der Waals surface area contributed by atoms with Gasteiger partial charge in [0.1, 0.15) is 5.82 Å². The number of hydrogen-bond acceptors (Lipinski definition) is 5. The Morgan fingerprint density at radius 3 is 2.30 bits per heavy atom. The highest BCUT2D eigenvalue weighted by Crippen LogP contribution is 2.22. The summed E-state index contributed by atoms with van der Waals surface area (Å²) >= 11 is 0. The van der Waals surface area contributed by atoms with Crippen LogP contribution in [-0.2, 0) is 20.9 Å². The average Bonchev–Trinajstić information content (AvgIpc) is 2.96. The minimum absolute atomic E-state index is 0.134. The third-order valence-electron chi connectivity index (χ3n) is 4.76. The van der Waals surface area contributed by atoms with E-state index in [4.69, 9.17) is 4.74 Å². The molecule has 7 nitrogen and oxygen atoms in total. The Morgan fingerprint density at radius 2 is 1.70 bits per heavy atom. The molecule has 3 rings (SSSR count). The van der Waals surface area contributed by atoms with E-state index in [1.807, 2.05) is 0 Å². The number of amides is 3. The lowest BCUT2D eigenvalue weighted by Gasteiger charge is -2.22. The SMILES string of the molecule is C[C@H](OC(=O)CCN1C(=O)c2ccccc2C1=O)C(=O)N(C)Cc1cccc(F)c1. The summed E-state index contributed by atoms with van der Waals surface area (Å²) in [5.74, 6) is -2.47. The molecule has 30 heavy (non-hydrogen) atoms. The molecule has 1 aliphatic rings. The van der Waals surface area contributed by atoms with Crippen molar-refractivity contribution in [1.82, 2.24) is 9.80 Å². The Hall–Kier alpha value is -3.55. The van der Waals surface area contributed by atoms with Gasteiger partial charge in [-0.3, -0.25) is 24.1 Å². The number of esters is 1. The molecule has 0 saturated heterocycles. The van der Waals surface area contributed by atoms with Crippen molar-refractivity contribution in [2.75, 3.05) is 13.6 Å². The molecule has 2 aromatic rings. The van der Waals surface area contributed by atoms with Gasteiger partial charge in [0.05, 0.1) is 17.5 Å². The van der Waals surface area contributed by atoms with Gasteiger partial charge in [-0.05, 0) is 36.8 Å². The van der Waals surface area contributed by atoms with Crippen LogP contribution in [0.1, 0.15) is 39.6 Å². The van der Waals surface area contributed by atoms with E-state index in [2.05, 4.69) is 0 Å². The van der Waals surface area contributed by atoms with Crippen LogP contribution in [0.4, 0.5) is 4.39 Å². The Balaban J connectivity index is 1.50. The second-order valence-corrected chi connectivity index (χ2v) is 7.01. The Kier molecular flexibility index (Phi) is 6.25. The zero-order chi connectivity index (χ0) is 21.8. The number of nitrogens with zero attached hydrogens (tertiary/aromatic N) is 2. The van der Waals surface area contributed by atoms with E-state index in [1.54, 1.807) is 36.4 Å². The first kappa shape index (κ1) is 21.2. The predicted octanol–water partition coefficient (Wildman–Crippen LogP) is 2.40. The minimum Gasteiger partial charge on any atom is -0.452 e. The fraction of sp³-hybridized carbons (Fsp3) is 0.273. The molecule has 0 N–H and O–H groups in total. The Labute approximate surface area is 173 Å². The molecule has 0 aromatic heterocycles. The number of benzene rings is 2. The maximum atomic E-state index is 13.3. The summed E-state index contributed by atoms with van der Waals surface area (Å²) in [5, 5.41) is 0. The van der Waals surface area contributed by atoms with Crippen LogP contribution in [0.5, 0.6) is 0 Å². The van der Waals surface area contributed by atoms with E-state index >= 15 is 0 Å². The van der Waals surface area contributed by atoms with Gasteiger partial charge in [-0.1, -0.05) is 24.3 Å². The van der Waals surface area contributed by atoms with Crippen molar-refractivity contribution >= 4 is 23.7 Å². The van der Waals surface area contributed by atoms with E-state index in [0.29, 0.717) is 16.7 Å². The molecule has 1 aliphatic heterocycles. The number of rotatable bonds is 7. The number of halogens is 1. The molecule has 0 saturated carbocycles. The van der Waals surface area contributed by atoms with Crippen LogP contribution in [-0.4, -0.2) is 53.2 Å². The molecular weight excluding hydrogens is 391 g/mol. The third-order valence-corrected chi connectivity index (χ3v) is 4.76. The van der Waals surface area contributed by atoms with Gasteiger partial charge in [-0.2, -0.15) is 0 Å². The van der Waals surface area contributed by atoms with Crippen LogP contribution in [0, 0.1) is 5.82 Å². The van der Waals surface area contributed by atoms with Crippen molar-refractivity contribution in [1.29, 1.82) is 0 Å². The van der Waals surface area contributed by atoms with Gasteiger partial charge < -0.3 is 9.64 Å². The van der Waals surface area contributed by atoms with Crippen LogP contribution in [0.25, 0.3) is 0 Å². The molecule has 1 atom stereocenters. The molecule has 8 heteroatoms. The summed E-state index contributed by atoms with van der Waals surface area (Å²) in [4.78, 5) is 51.5. The van der Waals surface area contributed by atoms with Crippen molar-refractivity contribution < 1.29 is 28.3 Å². The normalized spacial score (nSPS) is 13.8. The first-order valence-corrected chi connectivity index (χ1v) is 9.42. The van der Waals surface area contributed by atoms with Gasteiger partial charge in [0.15, 0.2) is 6.10 Å². The molecule has 0 radical (unpaired) electrons. The van der Waals surface area contributed by atoms with E-state index in [1.165, 1.54) is 31.0 Å². The van der Waals surface area contributed by atoms with Gasteiger partial charge in [0, 0.05) is 20.1 Å². The van der Waals surface area contributed by atoms with Crippen LogP contribution >= 0.6 is 0 Å². The molecule has 1 heterocycles. The maximum absolute atomic E-state index is 13.3. The third kappa shape index (κ3) is 4.53. The quantitative estimate of drug-likeness (QED) is 0.515. The lowest BCUT2D eigenvalue weighted by molar-refractivity contribution is -0.158. The standard InChI is InChI=1S/C22H21FN2O5/c1-14(20(27)24(2)13-15-6-5-7-16(23)12-15)30-19(26)10-11-25-21(28)17-8-3-4-9-18(17)22(25)29/h3-9,12,14H,10-11,13H2,1-2H3/t14-/m0/s1. The van der Waals surface area contributed by atoms with E-state index in [-0.39, 0.29) is 19.5 Å². The molecule has 0 fully saturated rings. The number of carbonyl (C=O) groups excluding carboxylic acids is 4. The van der Waals surface area contributed by atoms with Crippen molar-refractivity contribution in [3.63, 3.8) is 0 Å². The first-order valence-electron chi connectivity index (χ1n) is 9.42. The average molecular weight is 412 g/mol. The predicted molar refractivity (Wildman–Crippen MR) is 105 cm³/mol. The second kappa shape index (κ2) is 8.86. The molecule has 0 spiro atoms. The fourth-order valence-electron chi connectivity index (χ4n) is 3.25. The minimum atomic E-state index is -1.06. The van der Waals surface area contributed by atoms with Gasteiger partial charge >= 0.3 is 5.97 Å². The van der Waals surface area contributed by atoms with Crippen LogP contribution in [0.3, 0.4) is 0 Å². The van der Waals surface area contributed by atoms with Crippen LogP contribution in [0.15, 0.2) is 48.5 Å². The van der Waals surface area contributed by atoms with E-state index < -0.39 is 35.6 Å². The highest BCUT2D eigenvalue weighted by Gasteiger charge is 2.35. The monoisotopic (exact) mass is 412 g/mol. The summed E-state index contributed by atoms with van der Waals surface area (Å²) in [6, 6.07) is 12.3. The highest BCUT2D eigenvalue weighted by molar-refractivity contribution is 6.21. The summed E-state index contributed by atoms with van der Waals surface area (Å²) in [6.45, 7) is 1.46. The van der Waals surface area contributed by atoms with Crippen LogP contribution in [0.2, 0.25) is 0 Å². The zero-order valence-electron chi connectivity index (χ0n) is 16.6. The van der Waals surface area contributed by atoms with Crippen LogP contribution < -0.4 is 0 Å². The van der Waals surface area contributed by atoms with E-state index in [0.717, 1.165) is 4.90 Å². The fourth-order valence-corrected chi connectivity index (χ4v) is 3.25. The van der Waals surface area contributed by atoms with Crippen molar-refractivity contribution in [3.05, 3.63) is 71.0 Å². The first-order chi connectivity index (χ1) is 14.3. The Morgan fingerprint density at radius 1 is 1.07 bits per heavy atom. The van der Waals surface area contributed by atoms with Gasteiger partial charge in [0.25, 0.3) is 17.7 Å². The zero-order valence-corrected chi connectivity index (χ0v) is 16.6. The maximum Gasteiger partial charge on any atom is 0.308 e. The van der Waals surface area contributed by atoms with Gasteiger partial charge in [-0.25, -0.2) is 4.39 Å². The topological polar surface area (TPSA) is 84.0 Å². The molecule has 156 valence electrons. The summed E-state index contributed by atoms with van der Waals surface area (Å²) in [5.41, 5.74) is 1.21. The smallest absolute Gasteiger partial charge is 0.308 e. The molecule has 2 aromatic carbocycles. The van der Waals surface area contributed by atoms with Gasteiger partial charge in [-0.15, -0.1) is 0 Å². The van der Waals surface area contributed by atoms with Crippen molar-refractivity contribution in [2.24, 2.45) is 0 Å². The van der Waals surface area contributed by atoms with Crippen molar-refractivity contribution in [2.45, 2.75) is 26.0 Å². The second-order valence-electron chi connectivity index (χ2n) is 7.01. The summed E-state index contributed by atoms with van der Waals surface area (Å²) in [6.07, 6.45) is -1.28. The van der Waals surface area contributed by atoms with Gasteiger partial charge in [0.2, 0.25) is 0 Å². The molecule has 0 unspecified atom stereocenters.